The zero-order valence-corrected chi connectivity index (χ0v) is 15.7. The molecule has 2 aromatic rings. The molecule has 2 aliphatic rings. The molecule has 1 atom stereocenters. The summed E-state index contributed by atoms with van der Waals surface area (Å²) in [5.41, 5.74) is 3.74. The molecular formula is C20H28N4O2. The van der Waals surface area contributed by atoms with Gasteiger partial charge in [0.05, 0.1) is 25.6 Å². The number of hydrogen-bond donors (Lipinski definition) is 1. The van der Waals surface area contributed by atoms with E-state index in [4.69, 9.17) is 14.6 Å². The van der Waals surface area contributed by atoms with E-state index >= 15 is 0 Å². The number of aromatic nitrogens is 2. The van der Waals surface area contributed by atoms with E-state index < -0.39 is 0 Å². The highest BCUT2D eigenvalue weighted by Gasteiger charge is 2.27. The monoisotopic (exact) mass is 356 g/mol. The van der Waals surface area contributed by atoms with Gasteiger partial charge in [0.2, 0.25) is 0 Å². The molecule has 1 N–H and O–H groups in total. The molecule has 2 aliphatic heterocycles. The van der Waals surface area contributed by atoms with Crippen LogP contribution < -0.4 is 14.8 Å². The van der Waals surface area contributed by atoms with Crippen molar-refractivity contribution in [2.75, 3.05) is 33.9 Å². The number of fused-ring (bicyclic) bond motifs is 1. The smallest absolute Gasteiger partial charge is 0.122 e. The predicted molar refractivity (Wildman–Crippen MR) is 101 cm³/mol. The molecule has 0 spiro atoms. The first-order valence-corrected chi connectivity index (χ1v) is 9.47. The molecule has 1 fully saturated rings. The van der Waals surface area contributed by atoms with Gasteiger partial charge < -0.3 is 14.8 Å². The fourth-order valence-electron chi connectivity index (χ4n) is 4.12. The number of ether oxygens (including phenoxy) is 2. The van der Waals surface area contributed by atoms with Gasteiger partial charge in [-0.05, 0) is 50.2 Å². The van der Waals surface area contributed by atoms with Gasteiger partial charge in [0.1, 0.15) is 11.5 Å². The average Bonchev–Trinajstić information content (AvgIpc) is 3.22. The van der Waals surface area contributed by atoms with Gasteiger partial charge in [0.15, 0.2) is 0 Å². The predicted octanol–water partition coefficient (Wildman–Crippen LogP) is 2.38. The normalized spacial score (nSPS) is 20.6. The SMILES string of the molecule is COc1ccc(OC)c(C2CCN(Cc3cc4n(n3)CCCNC4)C2)c1. The number of nitrogens with one attached hydrogen (secondary N) is 1. The standard InChI is InChI=1S/C20H28N4O2/c1-25-18-4-5-20(26-2)19(11-18)15-6-9-23(13-15)14-16-10-17-12-21-7-3-8-24(17)22-16/h4-5,10-11,15,21H,3,6-9,12-14H2,1-2H3. The summed E-state index contributed by atoms with van der Waals surface area (Å²) in [6.45, 7) is 6.07. The van der Waals surface area contributed by atoms with E-state index in [1.807, 2.05) is 12.1 Å². The van der Waals surface area contributed by atoms with Gasteiger partial charge in [-0.15, -0.1) is 0 Å². The second-order valence-electron chi connectivity index (χ2n) is 7.21. The molecule has 1 aromatic heterocycles. The summed E-state index contributed by atoms with van der Waals surface area (Å²) in [6, 6.07) is 8.35. The molecule has 1 saturated heterocycles. The number of methoxy groups -OCH3 is 2. The lowest BCUT2D eigenvalue weighted by atomic mass is 9.97. The van der Waals surface area contributed by atoms with Gasteiger partial charge >= 0.3 is 0 Å². The number of nitrogens with zero attached hydrogens (tertiary/aromatic N) is 3. The van der Waals surface area contributed by atoms with Gasteiger partial charge in [0.25, 0.3) is 0 Å². The summed E-state index contributed by atoms with van der Waals surface area (Å²) in [5.74, 6) is 2.32. The van der Waals surface area contributed by atoms with E-state index in [-0.39, 0.29) is 0 Å². The maximum atomic E-state index is 5.58. The Morgan fingerprint density at radius 3 is 2.96 bits per heavy atom. The summed E-state index contributed by atoms with van der Waals surface area (Å²) in [7, 11) is 3.45. The second kappa shape index (κ2) is 7.68. The Balaban J connectivity index is 1.44. The number of rotatable bonds is 5. The maximum absolute atomic E-state index is 5.58. The topological polar surface area (TPSA) is 51.6 Å². The van der Waals surface area contributed by atoms with Crippen molar-refractivity contribution in [3.8, 4) is 11.5 Å². The highest BCUT2D eigenvalue weighted by Crippen LogP contribution is 2.36. The first-order chi connectivity index (χ1) is 12.8. The number of hydrogen-bond acceptors (Lipinski definition) is 5. The molecule has 0 bridgehead atoms. The molecule has 6 nitrogen and oxygen atoms in total. The average molecular weight is 356 g/mol. The number of likely N-dealkylation sites (tertiary alicyclic amines) is 1. The highest BCUT2D eigenvalue weighted by atomic mass is 16.5. The number of benzene rings is 1. The second-order valence-corrected chi connectivity index (χ2v) is 7.21. The summed E-state index contributed by atoms with van der Waals surface area (Å²) >= 11 is 0. The Bertz CT molecular complexity index is 735. The van der Waals surface area contributed by atoms with Crippen molar-refractivity contribution in [2.24, 2.45) is 0 Å². The molecule has 0 amide bonds. The van der Waals surface area contributed by atoms with Crippen LogP contribution in [0.5, 0.6) is 11.5 Å². The van der Waals surface area contributed by atoms with Gasteiger partial charge in [-0.2, -0.15) is 5.10 Å². The van der Waals surface area contributed by atoms with E-state index in [0.717, 1.165) is 63.6 Å². The third-order valence-electron chi connectivity index (χ3n) is 5.48. The van der Waals surface area contributed by atoms with Crippen LogP contribution >= 0.6 is 0 Å². The summed E-state index contributed by atoms with van der Waals surface area (Å²) in [6.07, 6.45) is 2.29. The van der Waals surface area contributed by atoms with Gasteiger partial charge in [-0.25, -0.2) is 0 Å². The van der Waals surface area contributed by atoms with Crippen molar-refractivity contribution >= 4 is 0 Å². The minimum Gasteiger partial charge on any atom is -0.497 e. The van der Waals surface area contributed by atoms with Crippen LogP contribution in [0.1, 0.15) is 35.7 Å². The maximum Gasteiger partial charge on any atom is 0.122 e. The molecule has 1 aromatic carbocycles. The van der Waals surface area contributed by atoms with E-state index in [0.29, 0.717) is 5.92 Å². The van der Waals surface area contributed by atoms with E-state index in [1.54, 1.807) is 14.2 Å². The van der Waals surface area contributed by atoms with Crippen molar-refractivity contribution in [3.63, 3.8) is 0 Å². The molecule has 1 unspecified atom stereocenters. The van der Waals surface area contributed by atoms with Crippen LogP contribution in [0.4, 0.5) is 0 Å². The fourth-order valence-corrected chi connectivity index (χ4v) is 4.12. The highest BCUT2D eigenvalue weighted by molar-refractivity contribution is 5.43. The van der Waals surface area contributed by atoms with Crippen LogP contribution in [0, 0.1) is 0 Å². The lowest BCUT2D eigenvalue weighted by Crippen LogP contribution is -2.20. The van der Waals surface area contributed by atoms with E-state index in [9.17, 15) is 0 Å². The van der Waals surface area contributed by atoms with Crippen molar-refractivity contribution < 1.29 is 9.47 Å². The Morgan fingerprint density at radius 2 is 2.12 bits per heavy atom. The van der Waals surface area contributed by atoms with Crippen LogP contribution in [0.3, 0.4) is 0 Å². The minimum atomic E-state index is 0.474. The minimum absolute atomic E-state index is 0.474. The molecule has 140 valence electrons. The van der Waals surface area contributed by atoms with Crippen molar-refractivity contribution in [1.82, 2.24) is 20.0 Å². The Kier molecular flexibility index (Phi) is 5.13. The van der Waals surface area contributed by atoms with Crippen LogP contribution in [0.2, 0.25) is 0 Å². The fraction of sp³-hybridized carbons (Fsp3) is 0.550. The van der Waals surface area contributed by atoms with Crippen molar-refractivity contribution in [1.29, 1.82) is 0 Å². The lowest BCUT2D eigenvalue weighted by Gasteiger charge is -2.17. The van der Waals surface area contributed by atoms with Crippen molar-refractivity contribution in [3.05, 3.63) is 41.2 Å². The third-order valence-corrected chi connectivity index (χ3v) is 5.48. The van der Waals surface area contributed by atoms with Crippen molar-refractivity contribution in [2.45, 2.75) is 38.4 Å². The summed E-state index contributed by atoms with van der Waals surface area (Å²) < 4.78 is 13.2. The molecule has 0 saturated carbocycles. The largest absolute Gasteiger partial charge is 0.497 e. The van der Waals surface area contributed by atoms with Crippen LogP contribution in [-0.4, -0.2) is 48.5 Å². The molecule has 4 rings (SSSR count). The third kappa shape index (κ3) is 3.57. The lowest BCUT2D eigenvalue weighted by molar-refractivity contribution is 0.319. The molecule has 0 aliphatic carbocycles. The molecular weight excluding hydrogens is 328 g/mol. The first kappa shape index (κ1) is 17.4. The van der Waals surface area contributed by atoms with Gasteiger partial charge in [-0.3, -0.25) is 9.58 Å². The molecule has 26 heavy (non-hydrogen) atoms. The van der Waals surface area contributed by atoms with Crippen LogP contribution in [0.25, 0.3) is 0 Å². The molecule has 3 heterocycles. The quantitative estimate of drug-likeness (QED) is 0.891. The molecule has 0 radical (unpaired) electrons. The van der Waals surface area contributed by atoms with Gasteiger partial charge in [0, 0.05) is 37.7 Å². The Labute approximate surface area is 155 Å². The van der Waals surface area contributed by atoms with E-state index in [2.05, 4.69) is 27.0 Å². The first-order valence-electron chi connectivity index (χ1n) is 9.47. The van der Waals surface area contributed by atoms with E-state index in [1.165, 1.54) is 17.0 Å². The number of aryl methyl sites for hydroxylation is 1. The van der Waals surface area contributed by atoms with Crippen LogP contribution in [-0.2, 0) is 19.6 Å². The zero-order valence-electron chi connectivity index (χ0n) is 15.7. The Morgan fingerprint density at radius 1 is 1.19 bits per heavy atom. The summed E-state index contributed by atoms with van der Waals surface area (Å²) in [5, 5.41) is 8.29. The summed E-state index contributed by atoms with van der Waals surface area (Å²) in [4.78, 5) is 2.50. The zero-order chi connectivity index (χ0) is 17.9. The molecule has 6 heteroatoms. The van der Waals surface area contributed by atoms with Crippen LogP contribution in [0.15, 0.2) is 24.3 Å². The van der Waals surface area contributed by atoms with Gasteiger partial charge in [-0.1, -0.05) is 0 Å². The Hall–Kier alpha value is -2.05.